The van der Waals surface area contributed by atoms with Gasteiger partial charge in [-0.3, -0.25) is 4.68 Å². The summed E-state index contributed by atoms with van der Waals surface area (Å²) in [4.78, 5) is 0. The van der Waals surface area contributed by atoms with Crippen LogP contribution in [0.4, 0.5) is 0 Å². The third kappa shape index (κ3) is 1.28. The molecule has 2 atom stereocenters. The summed E-state index contributed by atoms with van der Waals surface area (Å²) in [5.74, 6) is 1.99. The van der Waals surface area contributed by atoms with Gasteiger partial charge in [-0.2, -0.15) is 5.10 Å². The first-order valence-corrected chi connectivity index (χ1v) is 5.15. The Morgan fingerprint density at radius 2 is 2.31 bits per heavy atom. The molecule has 2 unspecified atom stereocenters. The Balaban J connectivity index is 2.21. The van der Waals surface area contributed by atoms with Crippen molar-refractivity contribution < 1.29 is 0 Å². The third-order valence-electron chi connectivity index (χ3n) is 3.30. The number of hydrogen-bond acceptors (Lipinski definition) is 1. The van der Waals surface area contributed by atoms with Gasteiger partial charge in [0.15, 0.2) is 0 Å². The maximum Gasteiger partial charge on any atom is 0.0524 e. The Morgan fingerprint density at radius 3 is 2.69 bits per heavy atom. The van der Waals surface area contributed by atoms with E-state index in [4.69, 9.17) is 11.6 Å². The van der Waals surface area contributed by atoms with Crippen molar-refractivity contribution in [3.8, 4) is 0 Å². The first-order valence-electron chi connectivity index (χ1n) is 4.62. The molecule has 1 aromatic rings. The average Bonchev–Trinajstić information content (AvgIpc) is 2.41. The van der Waals surface area contributed by atoms with Crippen LogP contribution in [0.3, 0.4) is 0 Å². The van der Waals surface area contributed by atoms with Crippen LogP contribution in [0, 0.1) is 11.3 Å². The first-order chi connectivity index (χ1) is 6.07. The number of alkyl halides is 1. The van der Waals surface area contributed by atoms with E-state index in [0.29, 0.717) is 17.3 Å². The lowest BCUT2D eigenvalue weighted by molar-refractivity contribution is 0.577. The van der Waals surface area contributed by atoms with E-state index in [9.17, 15) is 0 Å². The lowest BCUT2D eigenvalue weighted by atomic mass is 10.1. The van der Waals surface area contributed by atoms with Crippen molar-refractivity contribution in [1.29, 1.82) is 0 Å². The van der Waals surface area contributed by atoms with Crippen molar-refractivity contribution in [3.05, 3.63) is 18.0 Å². The molecule has 3 heteroatoms. The summed E-state index contributed by atoms with van der Waals surface area (Å²) in [6, 6.07) is 0. The highest BCUT2D eigenvalue weighted by molar-refractivity contribution is 6.18. The fourth-order valence-corrected chi connectivity index (χ4v) is 2.87. The summed E-state index contributed by atoms with van der Waals surface area (Å²) in [5, 5.41) is 4.19. The Hall–Kier alpha value is -0.500. The summed E-state index contributed by atoms with van der Waals surface area (Å²) >= 11 is 5.91. The molecular formula is C10H15ClN2. The van der Waals surface area contributed by atoms with E-state index in [1.165, 1.54) is 5.56 Å². The zero-order chi connectivity index (χ0) is 9.64. The maximum absolute atomic E-state index is 5.91. The van der Waals surface area contributed by atoms with Crippen LogP contribution >= 0.6 is 11.6 Å². The molecule has 0 radical (unpaired) electrons. The fraction of sp³-hybridized carbons (Fsp3) is 0.700. The summed E-state index contributed by atoms with van der Waals surface area (Å²) in [6.45, 7) is 4.55. The molecule has 1 heterocycles. The third-order valence-corrected chi connectivity index (χ3v) is 3.63. The molecule has 0 N–H and O–H groups in total. The van der Waals surface area contributed by atoms with Crippen LogP contribution in [-0.4, -0.2) is 15.7 Å². The standard InChI is InChI=1S/C10H15ClN2/c1-10(2)8(4-11)9(10)7-5-12-13(3)6-7/h5-6,8-9H,4H2,1-3H3. The fourth-order valence-electron chi connectivity index (χ4n) is 2.29. The second-order valence-corrected chi connectivity index (χ2v) is 4.82. The van der Waals surface area contributed by atoms with Gasteiger partial charge in [0, 0.05) is 19.1 Å². The lowest BCUT2D eigenvalue weighted by Gasteiger charge is -1.98. The van der Waals surface area contributed by atoms with Crippen LogP contribution in [0.25, 0.3) is 0 Å². The van der Waals surface area contributed by atoms with Gasteiger partial charge in [-0.1, -0.05) is 13.8 Å². The van der Waals surface area contributed by atoms with Crippen molar-refractivity contribution in [2.75, 3.05) is 5.88 Å². The van der Waals surface area contributed by atoms with Gasteiger partial charge in [0.2, 0.25) is 0 Å². The minimum Gasteiger partial charge on any atom is -0.276 e. The maximum atomic E-state index is 5.91. The Labute approximate surface area is 83.9 Å². The molecule has 1 saturated carbocycles. The van der Waals surface area contributed by atoms with E-state index in [1.807, 2.05) is 17.9 Å². The zero-order valence-electron chi connectivity index (χ0n) is 8.29. The molecule has 0 bridgehead atoms. The predicted octanol–water partition coefficient (Wildman–Crippen LogP) is 2.40. The van der Waals surface area contributed by atoms with Gasteiger partial charge < -0.3 is 0 Å². The van der Waals surface area contributed by atoms with E-state index in [0.717, 1.165) is 5.88 Å². The average molecular weight is 199 g/mol. The molecule has 1 aliphatic rings. The molecule has 0 aromatic carbocycles. The molecule has 0 saturated heterocycles. The second-order valence-electron chi connectivity index (χ2n) is 4.51. The molecule has 1 aliphatic carbocycles. The predicted molar refractivity (Wildman–Crippen MR) is 53.9 cm³/mol. The van der Waals surface area contributed by atoms with Crippen molar-refractivity contribution >= 4 is 11.6 Å². The first kappa shape index (κ1) is 9.07. The van der Waals surface area contributed by atoms with Gasteiger partial charge >= 0.3 is 0 Å². The van der Waals surface area contributed by atoms with Crippen LogP contribution in [0.1, 0.15) is 25.3 Å². The lowest BCUT2D eigenvalue weighted by Crippen LogP contribution is -1.90. The number of aromatic nitrogens is 2. The summed E-state index contributed by atoms with van der Waals surface area (Å²) in [7, 11) is 1.95. The number of aryl methyl sites for hydroxylation is 1. The molecule has 1 aromatic heterocycles. The van der Waals surface area contributed by atoms with Gasteiger partial charge in [0.1, 0.15) is 0 Å². The minimum atomic E-state index is 0.366. The highest BCUT2D eigenvalue weighted by atomic mass is 35.5. The van der Waals surface area contributed by atoms with Crippen LogP contribution in [-0.2, 0) is 7.05 Å². The van der Waals surface area contributed by atoms with E-state index < -0.39 is 0 Å². The molecule has 0 spiro atoms. The quantitative estimate of drug-likeness (QED) is 0.668. The van der Waals surface area contributed by atoms with Crippen molar-refractivity contribution in [2.45, 2.75) is 19.8 Å². The topological polar surface area (TPSA) is 17.8 Å². The van der Waals surface area contributed by atoms with Crippen molar-refractivity contribution in [2.24, 2.45) is 18.4 Å². The van der Waals surface area contributed by atoms with E-state index in [-0.39, 0.29) is 0 Å². The van der Waals surface area contributed by atoms with Gasteiger partial charge in [0.05, 0.1) is 6.20 Å². The smallest absolute Gasteiger partial charge is 0.0524 e. The molecule has 0 amide bonds. The molecule has 1 fully saturated rings. The Kier molecular flexibility index (Phi) is 1.91. The van der Waals surface area contributed by atoms with Gasteiger partial charge in [0.25, 0.3) is 0 Å². The molecule has 2 rings (SSSR count). The Morgan fingerprint density at radius 1 is 1.62 bits per heavy atom. The number of nitrogens with zero attached hydrogens (tertiary/aromatic N) is 2. The van der Waals surface area contributed by atoms with Crippen LogP contribution < -0.4 is 0 Å². The van der Waals surface area contributed by atoms with Gasteiger partial charge in [-0.15, -0.1) is 11.6 Å². The largest absolute Gasteiger partial charge is 0.276 e. The number of hydrogen-bond donors (Lipinski definition) is 0. The molecule has 72 valence electrons. The van der Waals surface area contributed by atoms with E-state index in [1.54, 1.807) is 0 Å². The highest BCUT2D eigenvalue weighted by Crippen LogP contribution is 2.64. The van der Waals surface area contributed by atoms with E-state index >= 15 is 0 Å². The molecule has 0 aliphatic heterocycles. The number of halogens is 1. The van der Waals surface area contributed by atoms with Crippen molar-refractivity contribution in [3.63, 3.8) is 0 Å². The molecule has 13 heavy (non-hydrogen) atoms. The summed E-state index contributed by atoms with van der Waals surface area (Å²) < 4.78 is 1.86. The minimum absolute atomic E-state index is 0.366. The Bertz CT molecular complexity index is 316. The van der Waals surface area contributed by atoms with Gasteiger partial charge in [-0.05, 0) is 22.8 Å². The zero-order valence-corrected chi connectivity index (χ0v) is 9.04. The highest BCUT2D eigenvalue weighted by Gasteiger charge is 2.57. The van der Waals surface area contributed by atoms with Crippen molar-refractivity contribution in [1.82, 2.24) is 9.78 Å². The van der Waals surface area contributed by atoms with Gasteiger partial charge in [-0.25, -0.2) is 0 Å². The monoisotopic (exact) mass is 198 g/mol. The molecular weight excluding hydrogens is 184 g/mol. The summed E-state index contributed by atoms with van der Waals surface area (Å²) in [6.07, 6.45) is 4.05. The number of rotatable bonds is 2. The van der Waals surface area contributed by atoms with E-state index in [2.05, 4.69) is 25.1 Å². The second kappa shape index (κ2) is 2.74. The summed E-state index contributed by atoms with van der Waals surface area (Å²) in [5.41, 5.74) is 1.70. The van der Waals surface area contributed by atoms with Crippen LogP contribution in [0.15, 0.2) is 12.4 Å². The SMILES string of the molecule is Cn1cc(C2C(CCl)C2(C)C)cn1. The van der Waals surface area contributed by atoms with Crippen LogP contribution in [0.5, 0.6) is 0 Å². The molecule has 2 nitrogen and oxygen atoms in total. The normalized spacial score (nSPS) is 30.5. The van der Waals surface area contributed by atoms with Crippen LogP contribution in [0.2, 0.25) is 0 Å².